The largest absolute Gasteiger partial charge is 0.395 e. The maximum atomic E-state index is 13.9. The van der Waals surface area contributed by atoms with Crippen LogP contribution in [0.4, 0.5) is 14.7 Å². The van der Waals surface area contributed by atoms with Crippen molar-refractivity contribution >= 4 is 17.0 Å². The minimum atomic E-state index is -1.24. The monoisotopic (exact) mass is 333 g/mol. The summed E-state index contributed by atoms with van der Waals surface area (Å²) in [6.45, 7) is 0.201. The quantitative estimate of drug-likeness (QED) is 0.648. The molecule has 0 fully saturated rings. The van der Waals surface area contributed by atoms with E-state index in [0.717, 1.165) is 23.7 Å². The summed E-state index contributed by atoms with van der Waals surface area (Å²) in [6, 6.07) is 10.3. The lowest BCUT2D eigenvalue weighted by atomic mass is 10.1. The van der Waals surface area contributed by atoms with Crippen LogP contribution in [-0.2, 0) is 6.54 Å². The number of rotatable bonds is 6. The Bertz CT molecular complexity index is 851. The van der Waals surface area contributed by atoms with Crippen LogP contribution in [0.3, 0.4) is 0 Å². The second-order valence-electron chi connectivity index (χ2n) is 5.37. The van der Waals surface area contributed by atoms with Crippen LogP contribution in [0, 0.1) is 11.6 Å². The smallest absolute Gasteiger partial charge is 0.204 e. The number of benzene rings is 2. The van der Waals surface area contributed by atoms with Crippen molar-refractivity contribution in [3.63, 3.8) is 0 Å². The lowest BCUT2D eigenvalue weighted by molar-refractivity contribution is 0.153. The SMILES string of the molecule is OCCNc1nc2ccccc2n1CC(O)c1cc(F)ccc1F. The fraction of sp³-hybridized carbons (Fsp3) is 0.235. The summed E-state index contributed by atoms with van der Waals surface area (Å²) in [5.41, 5.74) is 1.33. The Morgan fingerprint density at radius 2 is 1.96 bits per heavy atom. The average Bonchev–Trinajstić information content (AvgIpc) is 2.93. The number of fused-ring (bicyclic) bond motifs is 1. The summed E-state index contributed by atoms with van der Waals surface area (Å²) in [5, 5.41) is 22.3. The van der Waals surface area contributed by atoms with Crippen LogP contribution in [0.1, 0.15) is 11.7 Å². The third-order valence-corrected chi connectivity index (χ3v) is 3.72. The van der Waals surface area contributed by atoms with Crippen molar-refractivity contribution in [2.45, 2.75) is 12.6 Å². The molecule has 1 aromatic heterocycles. The molecule has 0 aliphatic heterocycles. The molecule has 1 heterocycles. The normalized spacial score (nSPS) is 12.5. The molecular weight excluding hydrogens is 316 g/mol. The van der Waals surface area contributed by atoms with Gasteiger partial charge in [-0.05, 0) is 30.3 Å². The van der Waals surface area contributed by atoms with Gasteiger partial charge < -0.3 is 20.1 Å². The molecule has 1 atom stereocenters. The van der Waals surface area contributed by atoms with E-state index in [0.29, 0.717) is 11.5 Å². The van der Waals surface area contributed by atoms with E-state index in [4.69, 9.17) is 5.11 Å². The van der Waals surface area contributed by atoms with Crippen molar-refractivity contribution in [3.8, 4) is 0 Å². The van der Waals surface area contributed by atoms with Gasteiger partial charge in [-0.2, -0.15) is 0 Å². The number of anilines is 1. The number of imidazole rings is 1. The maximum Gasteiger partial charge on any atom is 0.204 e. The third-order valence-electron chi connectivity index (χ3n) is 3.72. The molecule has 3 aromatic rings. The number of aromatic nitrogens is 2. The van der Waals surface area contributed by atoms with Crippen molar-refractivity contribution in [2.24, 2.45) is 0 Å². The molecular formula is C17H17F2N3O2. The number of aliphatic hydroxyl groups is 2. The summed E-state index contributed by atoms with van der Waals surface area (Å²) in [6.07, 6.45) is -1.24. The van der Waals surface area contributed by atoms with Gasteiger partial charge in [0.05, 0.1) is 30.3 Å². The molecule has 1 unspecified atom stereocenters. The molecule has 126 valence electrons. The highest BCUT2D eigenvalue weighted by molar-refractivity contribution is 5.78. The Hall–Kier alpha value is -2.51. The summed E-state index contributed by atoms with van der Waals surface area (Å²) < 4.78 is 28.9. The molecule has 0 aliphatic rings. The Balaban J connectivity index is 1.97. The minimum absolute atomic E-state index is 0.00531. The first-order valence-corrected chi connectivity index (χ1v) is 7.53. The Labute approximate surface area is 137 Å². The van der Waals surface area contributed by atoms with E-state index < -0.39 is 17.7 Å². The van der Waals surface area contributed by atoms with Crippen LogP contribution < -0.4 is 5.32 Å². The van der Waals surface area contributed by atoms with E-state index in [1.165, 1.54) is 0 Å². The first-order chi connectivity index (χ1) is 11.6. The van der Waals surface area contributed by atoms with E-state index in [1.54, 1.807) is 4.57 Å². The van der Waals surface area contributed by atoms with E-state index in [-0.39, 0.29) is 25.3 Å². The minimum Gasteiger partial charge on any atom is -0.395 e. The fourth-order valence-corrected chi connectivity index (χ4v) is 2.60. The lowest BCUT2D eigenvalue weighted by Crippen LogP contribution is -2.15. The van der Waals surface area contributed by atoms with Crippen LogP contribution in [0.5, 0.6) is 0 Å². The average molecular weight is 333 g/mol. The molecule has 3 N–H and O–H groups in total. The standard InChI is InChI=1S/C17H17F2N3O2/c18-11-5-6-13(19)12(9-11)16(24)10-22-15-4-2-1-3-14(15)21-17(22)20-7-8-23/h1-6,9,16,23-24H,7-8,10H2,(H,20,21). The molecule has 0 amide bonds. The zero-order valence-corrected chi connectivity index (χ0v) is 12.8. The molecule has 0 spiro atoms. The molecule has 0 saturated heterocycles. The van der Waals surface area contributed by atoms with Gasteiger partial charge in [0, 0.05) is 12.1 Å². The molecule has 0 aliphatic carbocycles. The first kappa shape index (κ1) is 16.4. The molecule has 3 rings (SSSR count). The second kappa shape index (κ2) is 6.94. The summed E-state index contributed by atoms with van der Waals surface area (Å²) in [4.78, 5) is 4.40. The molecule has 24 heavy (non-hydrogen) atoms. The third kappa shape index (κ3) is 3.22. The van der Waals surface area contributed by atoms with Crippen molar-refractivity contribution in [2.75, 3.05) is 18.5 Å². The van der Waals surface area contributed by atoms with Crippen LogP contribution in [-0.4, -0.2) is 32.9 Å². The molecule has 0 radical (unpaired) electrons. The number of hydrogen-bond acceptors (Lipinski definition) is 4. The second-order valence-corrected chi connectivity index (χ2v) is 5.37. The van der Waals surface area contributed by atoms with Crippen LogP contribution in [0.15, 0.2) is 42.5 Å². The van der Waals surface area contributed by atoms with Gasteiger partial charge in [-0.15, -0.1) is 0 Å². The van der Waals surface area contributed by atoms with Gasteiger partial charge in [-0.1, -0.05) is 12.1 Å². The Morgan fingerprint density at radius 3 is 2.75 bits per heavy atom. The van der Waals surface area contributed by atoms with Crippen molar-refractivity contribution in [3.05, 3.63) is 59.7 Å². The Kier molecular flexibility index (Phi) is 4.73. The van der Waals surface area contributed by atoms with Crippen molar-refractivity contribution in [1.82, 2.24) is 9.55 Å². The predicted molar refractivity (Wildman–Crippen MR) is 86.6 cm³/mol. The van der Waals surface area contributed by atoms with Crippen molar-refractivity contribution < 1.29 is 19.0 Å². The highest BCUT2D eigenvalue weighted by Crippen LogP contribution is 2.25. The lowest BCUT2D eigenvalue weighted by Gasteiger charge is -2.16. The highest BCUT2D eigenvalue weighted by atomic mass is 19.1. The zero-order chi connectivity index (χ0) is 17.1. The predicted octanol–water partition coefficient (Wildman–Crippen LogP) is 2.45. The molecule has 0 saturated carbocycles. The van der Waals surface area contributed by atoms with Crippen molar-refractivity contribution in [1.29, 1.82) is 0 Å². The molecule has 2 aromatic carbocycles. The van der Waals surface area contributed by atoms with E-state index in [2.05, 4.69) is 10.3 Å². The molecule has 7 heteroatoms. The van der Waals surface area contributed by atoms with Gasteiger partial charge in [-0.3, -0.25) is 0 Å². The van der Waals surface area contributed by atoms with Crippen LogP contribution in [0.25, 0.3) is 11.0 Å². The van der Waals surface area contributed by atoms with Crippen LogP contribution >= 0.6 is 0 Å². The summed E-state index contributed by atoms with van der Waals surface area (Å²) in [5.74, 6) is -0.834. The van der Waals surface area contributed by atoms with Gasteiger partial charge >= 0.3 is 0 Å². The number of hydrogen-bond donors (Lipinski definition) is 3. The fourth-order valence-electron chi connectivity index (χ4n) is 2.60. The first-order valence-electron chi connectivity index (χ1n) is 7.53. The van der Waals surface area contributed by atoms with Gasteiger partial charge in [0.25, 0.3) is 0 Å². The number of halogens is 2. The Morgan fingerprint density at radius 1 is 1.17 bits per heavy atom. The maximum absolute atomic E-state index is 13.9. The van der Waals surface area contributed by atoms with E-state index in [1.807, 2.05) is 24.3 Å². The van der Waals surface area contributed by atoms with Crippen LogP contribution in [0.2, 0.25) is 0 Å². The van der Waals surface area contributed by atoms with Gasteiger partial charge in [-0.25, -0.2) is 13.8 Å². The van der Waals surface area contributed by atoms with Gasteiger partial charge in [0.2, 0.25) is 5.95 Å². The molecule has 0 bridgehead atoms. The van der Waals surface area contributed by atoms with E-state index >= 15 is 0 Å². The van der Waals surface area contributed by atoms with E-state index in [9.17, 15) is 13.9 Å². The zero-order valence-electron chi connectivity index (χ0n) is 12.8. The molecule has 5 nitrogen and oxygen atoms in total. The summed E-state index contributed by atoms with van der Waals surface area (Å²) in [7, 11) is 0. The number of nitrogens with one attached hydrogen (secondary N) is 1. The summed E-state index contributed by atoms with van der Waals surface area (Å²) >= 11 is 0. The topological polar surface area (TPSA) is 70.3 Å². The number of para-hydroxylation sites is 2. The highest BCUT2D eigenvalue weighted by Gasteiger charge is 2.18. The van der Waals surface area contributed by atoms with Gasteiger partial charge in [0.15, 0.2) is 0 Å². The number of aliphatic hydroxyl groups excluding tert-OH is 2. The number of nitrogens with zero attached hydrogens (tertiary/aromatic N) is 2. The van der Waals surface area contributed by atoms with Gasteiger partial charge in [0.1, 0.15) is 11.6 Å².